The molecule has 3 heteroatoms. The van der Waals surface area contributed by atoms with E-state index in [0.29, 0.717) is 0 Å². The average Bonchev–Trinajstić information content (AvgIpc) is 2.36. The van der Waals surface area contributed by atoms with E-state index in [1.807, 2.05) is 19.2 Å². The van der Waals surface area contributed by atoms with Gasteiger partial charge in [0, 0.05) is 16.6 Å². The fourth-order valence-corrected chi connectivity index (χ4v) is 2.31. The average molecular weight is 314 g/mol. The van der Waals surface area contributed by atoms with Crippen LogP contribution in [-0.2, 0) is 6.54 Å². The van der Waals surface area contributed by atoms with Gasteiger partial charge in [-0.15, -0.1) is 0 Å². The molecule has 0 saturated heterocycles. The van der Waals surface area contributed by atoms with Crippen LogP contribution in [0.5, 0.6) is 5.75 Å². The molecule has 0 fully saturated rings. The first-order valence-corrected chi connectivity index (χ1v) is 7.63. The van der Waals surface area contributed by atoms with Crippen LogP contribution in [-0.4, -0.2) is 13.7 Å². The Morgan fingerprint density at radius 2 is 1.94 bits per heavy atom. The van der Waals surface area contributed by atoms with Gasteiger partial charge in [0.15, 0.2) is 0 Å². The number of ether oxygens (including phenoxy) is 1. The molecule has 0 radical (unpaired) electrons. The van der Waals surface area contributed by atoms with Crippen LogP contribution in [0.2, 0.25) is 0 Å². The van der Waals surface area contributed by atoms with E-state index in [1.165, 1.54) is 31.2 Å². The fraction of sp³-hybridized carbons (Fsp3) is 0.600. The Hall–Kier alpha value is -0.540. The Bertz CT molecular complexity index is 341. The molecule has 2 nitrogen and oxygen atoms in total. The van der Waals surface area contributed by atoms with E-state index in [4.69, 9.17) is 4.74 Å². The number of hydrogen-bond donors (Lipinski definition) is 1. The lowest BCUT2D eigenvalue weighted by Crippen LogP contribution is -2.08. The van der Waals surface area contributed by atoms with Crippen LogP contribution < -0.4 is 10.1 Å². The summed E-state index contributed by atoms with van der Waals surface area (Å²) in [7, 11) is 1.95. The van der Waals surface area contributed by atoms with E-state index in [9.17, 15) is 0 Å². The molecule has 102 valence electrons. The monoisotopic (exact) mass is 313 g/mol. The molecule has 0 amide bonds. The number of rotatable bonds is 9. The van der Waals surface area contributed by atoms with Crippen molar-refractivity contribution in [3.63, 3.8) is 0 Å². The Balaban J connectivity index is 2.36. The minimum absolute atomic E-state index is 0.821. The molecule has 1 N–H and O–H groups in total. The summed E-state index contributed by atoms with van der Waals surface area (Å²) in [4.78, 5) is 0. The third-order valence-electron chi connectivity index (χ3n) is 2.90. The maximum atomic E-state index is 5.86. The molecule has 0 aromatic heterocycles. The second-order valence-electron chi connectivity index (χ2n) is 4.55. The van der Waals surface area contributed by atoms with Crippen LogP contribution >= 0.6 is 15.9 Å². The predicted octanol–water partition coefficient (Wildman–Crippen LogP) is 4.52. The molecule has 0 aliphatic heterocycles. The standard InChI is InChI=1S/C15H24BrNO/c1-3-4-5-6-7-10-18-15-9-8-14(16)11-13(15)12-17-2/h8-9,11,17H,3-7,10,12H2,1-2H3. The molecule has 18 heavy (non-hydrogen) atoms. The van der Waals surface area contributed by atoms with Crippen LogP contribution in [0, 0.1) is 0 Å². The van der Waals surface area contributed by atoms with E-state index in [0.717, 1.165) is 29.8 Å². The highest BCUT2D eigenvalue weighted by molar-refractivity contribution is 9.10. The SMILES string of the molecule is CCCCCCCOc1ccc(Br)cc1CNC. The molecule has 1 aromatic carbocycles. The second-order valence-corrected chi connectivity index (χ2v) is 5.46. The lowest BCUT2D eigenvalue weighted by molar-refractivity contribution is 0.301. The molecule has 0 saturated carbocycles. The molecular formula is C15H24BrNO. The number of hydrogen-bond acceptors (Lipinski definition) is 2. The zero-order chi connectivity index (χ0) is 13.2. The Kier molecular flexibility index (Phi) is 8.10. The molecule has 0 spiro atoms. The van der Waals surface area contributed by atoms with Gasteiger partial charge < -0.3 is 10.1 Å². The third-order valence-corrected chi connectivity index (χ3v) is 3.39. The normalized spacial score (nSPS) is 10.6. The molecule has 0 bridgehead atoms. The van der Waals surface area contributed by atoms with Gasteiger partial charge in [-0.1, -0.05) is 48.5 Å². The van der Waals surface area contributed by atoms with Crippen LogP contribution in [0.4, 0.5) is 0 Å². The van der Waals surface area contributed by atoms with Crippen molar-refractivity contribution in [3.05, 3.63) is 28.2 Å². The van der Waals surface area contributed by atoms with Crippen molar-refractivity contribution in [1.29, 1.82) is 0 Å². The van der Waals surface area contributed by atoms with Crippen LogP contribution in [0.3, 0.4) is 0 Å². The zero-order valence-corrected chi connectivity index (χ0v) is 13.1. The van der Waals surface area contributed by atoms with E-state index >= 15 is 0 Å². The molecule has 0 aliphatic rings. The topological polar surface area (TPSA) is 21.3 Å². The quantitative estimate of drug-likeness (QED) is 0.677. The first kappa shape index (κ1) is 15.5. The number of unbranched alkanes of at least 4 members (excludes halogenated alkanes) is 4. The van der Waals surface area contributed by atoms with Gasteiger partial charge in [0.25, 0.3) is 0 Å². The maximum absolute atomic E-state index is 5.86. The van der Waals surface area contributed by atoms with Crippen LogP contribution in [0.1, 0.15) is 44.6 Å². The van der Waals surface area contributed by atoms with Gasteiger partial charge in [-0.3, -0.25) is 0 Å². The van der Waals surface area contributed by atoms with Gasteiger partial charge in [0.05, 0.1) is 6.61 Å². The minimum atomic E-state index is 0.821. The highest BCUT2D eigenvalue weighted by Gasteiger charge is 2.03. The summed E-state index contributed by atoms with van der Waals surface area (Å²) in [6.07, 6.45) is 6.37. The highest BCUT2D eigenvalue weighted by atomic mass is 79.9. The van der Waals surface area contributed by atoms with Crippen molar-refractivity contribution in [2.24, 2.45) is 0 Å². The summed E-state index contributed by atoms with van der Waals surface area (Å²) in [6, 6.07) is 6.19. The zero-order valence-electron chi connectivity index (χ0n) is 11.5. The van der Waals surface area contributed by atoms with Gasteiger partial charge >= 0.3 is 0 Å². The summed E-state index contributed by atoms with van der Waals surface area (Å²) in [5.74, 6) is 1.00. The Labute approximate surface area is 119 Å². The summed E-state index contributed by atoms with van der Waals surface area (Å²) >= 11 is 3.49. The van der Waals surface area contributed by atoms with Crippen molar-refractivity contribution in [3.8, 4) is 5.75 Å². The minimum Gasteiger partial charge on any atom is -0.493 e. The third kappa shape index (κ3) is 5.87. The van der Waals surface area contributed by atoms with Crippen molar-refractivity contribution >= 4 is 15.9 Å². The predicted molar refractivity (Wildman–Crippen MR) is 81.2 cm³/mol. The van der Waals surface area contributed by atoms with E-state index in [-0.39, 0.29) is 0 Å². The largest absolute Gasteiger partial charge is 0.493 e. The van der Waals surface area contributed by atoms with E-state index in [1.54, 1.807) is 0 Å². The molecule has 1 aromatic rings. The summed E-state index contributed by atoms with van der Waals surface area (Å²) < 4.78 is 6.96. The maximum Gasteiger partial charge on any atom is 0.123 e. The van der Waals surface area contributed by atoms with Crippen molar-refractivity contribution in [2.75, 3.05) is 13.7 Å². The van der Waals surface area contributed by atoms with Gasteiger partial charge in [0.2, 0.25) is 0 Å². The molecule has 0 unspecified atom stereocenters. The first-order valence-electron chi connectivity index (χ1n) is 6.83. The summed E-state index contributed by atoms with van der Waals surface area (Å²) in [5.41, 5.74) is 1.21. The van der Waals surface area contributed by atoms with Gasteiger partial charge in [-0.25, -0.2) is 0 Å². The molecule has 1 rings (SSSR count). The highest BCUT2D eigenvalue weighted by Crippen LogP contribution is 2.23. The van der Waals surface area contributed by atoms with E-state index in [2.05, 4.69) is 34.2 Å². The van der Waals surface area contributed by atoms with Crippen molar-refractivity contribution < 1.29 is 4.74 Å². The first-order chi connectivity index (χ1) is 8.77. The van der Waals surface area contributed by atoms with Gasteiger partial charge in [-0.2, -0.15) is 0 Å². The number of halogens is 1. The van der Waals surface area contributed by atoms with Crippen molar-refractivity contribution in [1.82, 2.24) is 5.32 Å². The summed E-state index contributed by atoms with van der Waals surface area (Å²) in [6.45, 7) is 3.90. The number of benzene rings is 1. The van der Waals surface area contributed by atoms with Crippen LogP contribution in [0.25, 0.3) is 0 Å². The molecule has 0 atom stereocenters. The lowest BCUT2D eigenvalue weighted by atomic mass is 10.1. The van der Waals surface area contributed by atoms with Crippen LogP contribution in [0.15, 0.2) is 22.7 Å². The molecule has 0 aliphatic carbocycles. The van der Waals surface area contributed by atoms with Gasteiger partial charge in [0.1, 0.15) is 5.75 Å². The Morgan fingerprint density at radius 3 is 2.67 bits per heavy atom. The summed E-state index contributed by atoms with van der Waals surface area (Å²) in [5, 5.41) is 3.17. The number of nitrogens with one attached hydrogen (secondary N) is 1. The van der Waals surface area contributed by atoms with Gasteiger partial charge in [-0.05, 0) is 31.7 Å². The fourth-order valence-electron chi connectivity index (χ4n) is 1.91. The van der Waals surface area contributed by atoms with Crippen molar-refractivity contribution in [2.45, 2.75) is 45.6 Å². The van der Waals surface area contributed by atoms with E-state index < -0.39 is 0 Å². The lowest BCUT2D eigenvalue weighted by Gasteiger charge is -2.11. The Morgan fingerprint density at radius 1 is 1.17 bits per heavy atom. The second kappa shape index (κ2) is 9.40. The molecule has 0 heterocycles. The smallest absolute Gasteiger partial charge is 0.123 e. The molecular weight excluding hydrogens is 290 g/mol.